The summed E-state index contributed by atoms with van der Waals surface area (Å²) in [5, 5.41) is 21.0. The molecule has 192 valence electrons. The van der Waals surface area contributed by atoms with E-state index in [0.29, 0.717) is 25.1 Å². The van der Waals surface area contributed by atoms with Gasteiger partial charge < -0.3 is 14.7 Å². The molecule has 1 N–H and O–H groups in total. The molecule has 1 heterocycles. The molecule has 0 aromatic heterocycles. The summed E-state index contributed by atoms with van der Waals surface area (Å²) in [7, 11) is 0. The summed E-state index contributed by atoms with van der Waals surface area (Å²) >= 11 is 3.44. The number of amides is 1. The lowest BCUT2D eigenvalue weighted by atomic mass is 9.76. The summed E-state index contributed by atoms with van der Waals surface area (Å²) in [5.41, 5.74) is 7.29. The Bertz CT molecular complexity index is 1350. The largest absolute Gasteiger partial charge is 0.493 e. The summed E-state index contributed by atoms with van der Waals surface area (Å²) in [6.45, 7) is 9.35. The third-order valence-electron chi connectivity index (χ3n) is 7.03. The zero-order valence-electron chi connectivity index (χ0n) is 21.8. The highest BCUT2D eigenvalue weighted by Crippen LogP contribution is 2.44. The number of halogens is 1. The molecule has 0 spiro atoms. The van der Waals surface area contributed by atoms with Crippen molar-refractivity contribution in [2.24, 2.45) is 5.41 Å². The van der Waals surface area contributed by atoms with Gasteiger partial charge in [0.2, 0.25) is 0 Å². The molecule has 37 heavy (non-hydrogen) atoms. The quantitative estimate of drug-likeness (QED) is 0.245. The molecule has 0 fully saturated rings. The maximum Gasteiger partial charge on any atom is 0.407 e. The van der Waals surface area contributed by atoms with Gasteiger partial charge in [-0.15, -0.1) is 0 Å². The third-order valence-corrected chi connectivity index (χ3v) is 7.60. The summed E-state index contributed by atoms with van der Waals surface area (Å²) in [5.74, 6) is 0.831. The zero-order valence-corrected chi connectivity index (χ0v) is 23.4. The number of nitrogens with zero attached hydrogens (tertiary/aromatic N) is 2. The van der Waals surface area contributed by atoms with E-state index in [1.165, 1.54) is 0 Å². The lowest BCUT2D eigenvalue weighted by Gasteiger charge is -2.43. The zero-order chi connectivity index (χ0) is 26.7. The van der Waals surface area contributed by atoms with Crippen LogP contribution in [0.25, 0.3) is 22.3 Å². The minimum atomic E-state index is -0.886. The molecule has 3 aromatic rings. The number of hydrogen-bond donors (Lipinski definition) is 1. The minimum absolute atomic E-state index is 0.223. The number of fused-ring (bicyclic) bond motifs is 1. The normalized spacial score (nSPS) is 15.1. The van der Waals surface area contributed by atoms with E-state index >= 15 is 0 Å². The molecule has 0 saturated carbocycles. The van der Waals surface area contributed by atoms with Crippen molar-refractivity contribution in [1.82, 2.24) is 4.90 Å². The second-order valence-corrected chi connectivity index (χ2v) is 11.4. The molecule has 1 amide bonds. The van der Waals surface area contributed by atoms with E-state index in [2.05, 4.69) is 48.8 Å². The average Bonchev–Trinajstić information content (AvgIpc) is 2.87. The molecular formula is C31H33BrN2O3. The Balaban J connectivity index is 1.78. The van der Waals surface area contributed by atoms with E-state index < -0.39 is 6.09 Å². The first-order chi connectivity index (χ1) is 17.7. The second kappa shape index (κ2) is 11.0. The molecule has 6 heteroatoms. The van der Waals surface area contributed by atoms with Gasteiger partial charge in [-0.3, -0.25) is 0 Å². The smallest absolute Gasteiger partial charge is 0.407 e. The van der Waals surface area contributed by atoms with E-state index in [4.69, 9.17) is 4.74 Å². The van der Waals surface area contributed by atoms with Crippen molar-refractivity contribution >= 4 is 22.0 Å². The molecule has 1 unspecified atom stereocenters. The van der Waals surface area contributed by atoms with Gasteiger partial charge in [-0.1, -0.05) is 85.2 Å². The highest BCUT2D eigenvalue weighted by atomic mass is 79.9. The van der Waals surface area contributed by atoms with Crippen LogP contribution in [0.1, 0.15) is 55.5 Å². The standard InChI is InChI=1S/C31H33BrN2O3/c1-20-23(8-6-11-28(20)37-17-7-15-32)26-10-5-9-24(27(26)19-33)21-12-13-25-22(18-21)14-16-34(30(35)36)29(25)31(2,3)4/h5-6,8-13,18,29H,7,14-17H2,1-4H3,(H,35,36). The highest BCUT2D eigenvalue weighted by Gasteiger charge is 2.38. The van der Waals surface area contributed by atoms with Gasteiger partial charge in [0.1, 0.15) is 11.8 Å². The second-order valence-electron chi connectivity index (χ2n) is 10.6. The van der Waals surface area contributed by atoms with Gasteiger partial charge in [-0.25, -0.2) is 4.79 Å². The summed E-state index contributed by atoms with van der Waals surface area (Å²) in [6, 6.07) is 20.4. The van der Waals surface area contributed by atoms with Crippen molar-refractivity contribution in [2.75, 3.05) is 18.5 Å². The van der Waals surface area contributed by atoms with Crippen LogP contribution in [0, 0.1) is 23.7 Å². The molecule has 1 aliphatic rings. The SMILES string of the molecule is Cc1c(OCCCBr)cccc1-c1cccc(-c2ccc3c(c2)CCN(C(=O)O)C3C(C)(C)C)c1C#N. The van der Waals surface area contributed by atoms with Gasteiger partial charge >= 0.3 is 6.09 Å². The predicted octanol–water partition coefficient (Wildman–Crippen LogP) is 7.99. The maximum atomic E-state index is 12.0. The summed E-state index contributed by atoms with van der Waals surface area (Å²) in [6.07, 6.45) is 0.681. The fraction of sp³-hybridized carbons (Fsp3) is 0.355. The number of nitriles is 1. The minimum Gasteiger partial charge on any atom is -0.493 e. The van der Waals surface area contributed by atoms with Crippen LogP contribution in [0.4, 0.5) is 4.79 Å². The molecular weight excluding hydrogens is 528 g/mol. The van der Waals surface area contributed by atoms with Crippen LogP contribution in [-0.2, 0) is 6.42 Å². The molecule has 3 aromatic carbocycles. The van der Waals surface area contributed by atoms with E-state index in [9.17, 15) is 15.2 Å². The van der Waals surface area contributed by atoms with Crippen LogP contribution in [0.2, 0.25) is 0 Å². The summed E-state index contributed by atoms with van der Waals surface area (Å²) in [4.78, 5) is 13.5. The van der Waals surface area contributed by atoms with Crippen molar-refractivity contribution in [3.8, 4) is 34.1 Å². The summed E-state index contributed by atoms with van der Waals surface area (Å²) < 4.78 is 5.99. The van der Waals surface area contributed by atoms with Crippen molar-refractivity contribution < 1.29 is 14.6 Å². The van der Waals surface area contributed by atoms with Crippen molar-refractivity contribution in [3.63, 3.8) is 0 Å². The van der Waals surface area contributed by atoms with Crippen LogP contribution in [0.15, 0.2) is 54.6 Å². The number of hydrogen-bond acceptors (Lipinski definition) is 3. The molecule has 1 atom stereocenters. The first kappa shape index (κ1) is 26.8. The number of benzene rings is 3. The van der Waals surface area contributed by atoms with Gasteiger partial charge in [-0.05, 0) is 59.1 Å². The van der Waals surface area contributed by atoms with Crippen LogP contribution in [0.5, 0.6) is 5.75 Å². The first-order valence-corrected chi connectivity index (χ1v) is 13.7. The van der Waals surface area contributed by atoms with Crippen molar-refractivity contribution in [2.45, 2.75) is 46.6 Å². The van der Waals surface area contributed by atoms with E-state index in [1.807, 2.05) is 55.5 Å². The topological polar surface area (TPSA) is 73.6 Å². The van der Waals surface area contributed by atoms with Crippen LogP contribution in [0.3, 0.4) is 0 Å². The monoisotopic (exact) mass is 560 g/mol. The molecule has 0 radical (unpaired) electrons. The Kier molecular flexibility index (Phi) is 7.94. The Labute approximate surface area is 227 Å². The number of ether oxygens (including phenoxy) is 1. The molecule has 0 aliphatic carbocycles. The number of carboxylic acid groups (broad SMARTS) is 1. The van der Waals surface area contributed by atoms with Crippen LogP contribution < -0.4 is 4.74 Å². The van der Waals surface area contributed by atoms with E-state index in [1.54, 1.807) is 4.90 Å². The fourth-order valence-electron chi connectivity index (χ4n) is 5.37. The van der Waals surface area contributed by atoms with Gasteiger partial charge in [0.15, 0.2) is 0 Å². The molecule has 1 aliphatic heterocycles. The van der Waals surface area contributed by atoms with Crippen LogP contribution >= 0.6 is 15.9 Å². The van der Waals surface area contributed by atoms with E-state index in [-0.39, 0.29) is 11.5 Å². The van der Waals surface area contributed by atoms with E-state index in [0.717, 1.165) is 56.4 Å². The lowest BCUT2D eigenvalue weighted by molar-refractivity contribution is 0.0759. The Hall–Kier alpha value is -3.30. The van der Waals surface area contributed by atoms with Gasteiger partial charge in [0, 0.05) is 23.0 Å². The first-order valence-electron chi connectivity index (χ1n) is 12.6. The number of rotatable bonds is 6. The Morgan fingerprint density at radius 2 is 1.84 bits per heavy atom. The van der Waals surface area contributed by atoms with Crippen molar-refractivity contribution in [3.05, 3.63) is 76.9 Å². The molecule has 0 saturated heterocycles. The van der Waals surface area contributed by atoms with Crippen molar-refractivity contribution in [1.29, 1.82) is 5.26 Å². The fourth-order valence-corrected chi connectivity index (χ4v) is 5.60. The predicted molar refractivity (Wildman–Crippen MR) is 151 cm³/mol. The third kappa shape index (κ3) is 5.38. The van der Waals surface area contributed by atoms with Gasteiger partial charge in [0.05, 0.1) is 18.2 Å². The highest BCUT2D eigenvalue weighted by molar-refractivity contribution is 9.09. The van der Waals surface area contributed by atoms with Gasteiger partial charge in [0.25, 0.3) is 0 Å². The maximum absolute atomic E-state index is 12.0. The average molecular weight is 562 g/mol. The van der Waals surface area contributed by atoms with Crippen LogP contribution in [-0.4, -0.2) is 34.6 Å². The number of alkyl halides is 1. The Morgan fingerprint density at radius 3 is 2.51 bits per heavy atom. The molecule has 0 bridgehead atoms. The lowest BCUT2D eigenvalue weighted by Crippen LogP contribution is -2.44. The van der Waals surface area contributed by atoms with Gasteiger partial charge in [-0.2, -0.15) is 5.26 Å². The molecule has 4 rings (SSSR count). The molecule has 5 nitrogen and oxygen atoms in total. The number of carbonyl (C=O) groups is 1. The Morgan fingerprint density at radius 1 is 1.14 bits per heavy atom.